The van der Waals surface area contributed by atoms with E-state index in [2.05, 4.69) is 0 Å². The average Bonchev–Trinajstić information content (AvgIpc) is 3.03. The lowest BCUT2D eigenvalue weighted by Crippen LogP contribution is -2.05. The van der Waals surface area contributed by atoms with Crippen LogP contribution in [0.2, 0.25) is 0 Å². The third kappa shape index (κ3) is 4.23. The summed E-state index contributed by atoms with van der Waals surface area (Å²) in [7, 11) is 0. The van der Waals surface area contributed by atoms with E-state index >= 15 is 0 Å². The minimum Gasteiger partial charge on any atom is -0.478 e. The summed E-state index contributed by atoms with van der Waals surface area (Å²) in [6.45, 7) is 10.3. The fraction of sp³-hybridized carbons (Fsp3) is 0.333. The molecule has 0 saturated heterocycles. The topological polar surface area (TPSA) is 68.0 Å². The largest absolute Gasteiger partial charge is 0.478 e. The summed E-state index contributed by atoms with van der Waals surface area (Å²) < 4.78 is 7.07. The quantitative estimate of drug-likeness (QED) is 0.634. The highest BCUT2D eigenvalue weighted by Crippen LogP contribution is 2.28. The van der Waals surface area contributed by atoms with E-state index in [0.717, 1.165) is 6.42 Å². The minimum absolute atomic E-state index is 0.184. The van der Waals surface area contributed by atoms with Crippen molar-refractivity contribution >= 4 is 28.4 Å². The molecule has 0 aliphatic rings. The van der Waals surface area contributed by atoms with E-state index in [1.54, 1.807) is 18.3 Å². The van der Waals surface area contributed by atoms with Gasteiger partial charge in [0.15, 0.2) is 0 Å². The predicted molar refractivity (Wildman–Crippen MR) is 105 cm³/mol. The zero-order valence-corrected chi connectivity index (χ0v) is 16.1. The Morgan fingerprint density at radius 3 is 2.35 bits per heavy atom. The summed E-state index contributed by atoms with van der Waals surface area (Å²) in [5.41, 5.74) is 2.05. The number of carbonyl (C=O) groups excluding carboxylic acids is 1. The van der Waals surface area contributed by atoms with Crippen LogP contribution >= 0.6 is 0 Å². The fourth-order valence-corrected chi connectivity index (χ4v) is 2.55. The maximum Gasteiger partial charge on any atom is 0.340 e. The number of nitrogens with zero attached hydrogens (tertiary/aromatic N) is 1. The number of hydrogen-bond donors (Lipinski definition) is 1. The molecule has 26 heavy (non-hydrogen) atoms. The standard InChI is InChI=1S/C17H15NO4.2C2H6/c1-2-9-22-17(21)15-12-7-6-11(16(19)20)10-14(12)18-8-4-3-5-13(15)18;2*1-2/h3-8,10H,2,9H2,1H3,(H,19,20);2*1-2H3. The Morgan fingerprint density at radius 2 is 1.73 bits per heavy atom. The van der Waals surface area contributed by atoms with E-state index < -0.39 is 5.97 Å². The molecule has 0 fully saturated rings. The van der Waals surface area contributed by atoms with E-state index in [1.165, 1.54) is 6.07 Å². The Balaban J connectivity index is 0.000000791. The molecule has 0 saturated carbocycles. The minimum atomic E-state index is -0.997. The van der Waals surface area contributed by atoms with Gasteiger partial charge in [-0.2, -0.15) is 0 Å². The monoisotopic (exact) mass is 357 g/mol. The highest BCUT2D eigenvalue weighted by Gasteiger charge is 2.20. The van der Waals surface area contributed by atoms with Crippen molar-refractivity contribution in [2.45, 2.75) is 41.0 Å². The number of carboxylic acid groups (broad SMARTS) is 1. The van der Waals surface area contributed by atoms with Gasteiger partial charge in [-0.1, -0.05) is 46.8 Å². The van der Waals surface area contributed by atoms with E-state index in [-0.39, 0.29) is 11.5 Å². The number of ether oxygens (including phenoxy) is 1. The lowest BCUT2D eigenvalue weighted by Gasteiger charge is -2.02. The Bertz CT molecular complexity index is 880. The number of aromatic carboxylic acids is 1. The number of pyridine rings is 1. The van der Waals surface area contributed by atoms with Crippen LogP contribution in [0.1, 0.15) is 61.8 Å². The van der Waals surface area contributed by atoms with Crippen LogP contribution in [-0.4, -0.2) is 28.1 Å². The van der Waals surface area contributed by atoms with Gasteiger partial charge in [-0.05, 0) is 30.7 Å². The normalized spacial score (nSPS) is 9.73. The van der Waals surface area contributed by atoms with Crippen LogP contribution in [0.5, 0.6) is 0 Å². The van der Waals surface area contributed by atoms with Gasteiger partial charge in [-0.3, -0.25) is 0 Å². The molecule has 0 radical (unpaired) electrons. The van der Waals surface area contributed by atoms with Crippen LogP contribution < -0.4 is 0 Å². The lowest BCUT2D eigenvalue weighted by atomic mass is 10.1. The van der Waals surface area contributed by atoms with Crippen molar-refractivity contribution in [3.05, 3.63) is 53.7 Å². The maximum atomic E-state index is 12.4. The Kier molecular flexibility index (Phi) is 8.35. The number of aromatic nitrogens is 1. The number of esters is 1. The van der Waals surface area contributed by atoms with Crippen LogP contribution in [0.15, 0.2) is 42.6 Å². The number of carbonyl (C=O) groups is 2. The first-order chi connectivity index (χ1) is 12.6. The molecule has 5 nitrogen and oxygen atoms in total. The van der Waals surface area contributed by atoms with Crippen molar-refractivity contribution in [3.8, 4) is 0 Å². The molecule has 0 atom stereocenters. The summed E-state index contributed by atoms with van der Waals surface area (Å²) >= 11 is 0. The first-order valence-electron chi connectivity index (χ1n) is 9.06. The number of benzene rings is 1. The van der Waals surface area contributed by atoms with Gasteiger partial charge < -0.3 is 14.2 Å². The molecule has 2 heterocycles. The lowest BCUT2D eigenvalue weighted by molar-refractivity contribution is 0.0509. The molecule has 0 bridgehead atoms. The predicted octanol–water partition coefficient (Wildman–Crippen LogP) is 5.41. The van der Waals surface area contributed by atoms with Crippen LogP contribution in [0.25, 0.3) is 16.4 Å². The third-order valence-corrected chi connectivity index (χ3v) is 3.53. The second-order valence-corrected chi connectivity index (χ2v) is 5.00. The third-order valence-electron chi connectivity index (χ3n) is 3.53. The SMILES string of the molecule is CC.CC.CCCOC(=O)c1c2ccc(C(=O)O)cc2n2ccccc12. The Morgan fingerprint density at radius 1 is 1.04 bits per heavy atom. The van der Waals surface area contributed by atoms with Crippen molar-refractivity contribution in [2.24, 2.45) is 0 Å². The van der Waals surface area contributed by atoms with Crippen molar-refractivity contribution in [2.75, 3.05) is 6.61 Å². The highest BCUT2D eigenvalue weighted by atomic mass is 16.5. The molecule has 2 aromatic heterocycles. The summed E-state index contributed by atoms with van der Waals surface area (Å²) in [5.74, 6) is -1.38. The van der Waals surface area contributed by atoms with Crippen LogP contribution in [0.4, 0.5) is 0 Å². The van der Waals surface area contributed by atoms with Crippen LogP contribution in [0.3, 0.4) is 0 Å². The molecule has 0 amide bonds. The molecule has 0 aliphatic carbocycles. The van der Waals surface area contributed by atoms with Crippen molar-refractivity contribution in [3.63, 3.8) is 0 Å². The summed E-state index contributed by atoms with van der Waals surface area (Å²) in [4.78, 5) is 23.5. The van der Waals surface area contributed by atoms with Gasteiger partial charge in [0, 0.05) is 11.6 Å². The molecule has 5 heteroatoms. The van der Waals surface area contributed by atoms with Gasteiger partial charge in [0.1, 0.15) is 0 Å². The number of fused-ring (bicyclic) bond motifs is 3. The number of rotatable bonds is 4. The summed E-state index contributed by atoms with van der Waals surface area (Å²) in [5, 5.41) is 9.84. The number of hydrogen-bond acceptors (Lipinski definition) is 3. The molecular weight excluding hydrogens is 330 g/mol. The smallest absolute Gasteiger partial charge is 0.340 e. The molecule has 0 unspecified atom stereocenters. The zero-order chi connectivity index (χ0) is 19.7. The molecule has 3 aromatic rings. The second-order valence-electron chi connectivity index (χ2n) is 5.00. The first kappa shape index (κ1) is 21.2. The van der Waals surface area contributed by atoms with Crippen molar-refractivity contribution < 1.29 is 19.4 Å². The van der Waals surface area contributed by atoms with Crippen molar-refractivity contribution in [1.82, 2.24) is 4.40 Å². The van der Waals surface area contributed by atoms with Gasteiger partial charge >= 0.3 is 11.9 Å². The summed E-state index contributed by atoms with van der Waals surface area (Å²) in [6, 6.07) is 10.2. The van der Waals surface area contributed by atoms with E-state index in [9.17, 15) is 9.59 Å². The Hall–Kier alpha value is -2.82. The second kappa shape index (κ2) is 10.2. The van der Waals surface area contributed by atoms with Gasteiger partial charge in [-0.15, -0.1) is 0 Å². The number of carboxylic acids is 1. The fourth-order valence-electron chi connectivity index (χ4n) is 2.55. The molecule has 0 aliphatic heterocycles. The molecule has 140 valence electrons. The summed E-state index contributed by atoms with van der Waals surface area (Å²) in [6.07, 6.45) is 2.55. The van der Waals surface area contributed by atoms with E-state index in [0.29, 0.717) is 28.6 Å². The van der Waals surface area contributed by atoms with Gasteiger partial charge in [0.05, 0.1) is 28.8 Å². The van der Waals surface area contributed by atoms with Crippen LogP contribution in [0, 0.1) is 0 Å². The van der Waals surface area contributed by atoms with Crippen molar-refractivity contribution in [1.29, 1.82) is 0 Å². The van der Waals surface area contributed by atoms with Crippen LogP contribution in [-0.2, 0) is 4.74 Å². The van der Waals surface area contributed by atoms with E-state index in [4.69, 9.17) is 9.84 Å². The highest BCUT2D eigenvalue weighted by molar-refractivity contribution is 6.12. The van der Waals surface area contributed by atoms with E-state index in [1.807, 2.05) is 57.2 Å². The molecule has 1 aromatic carbocycles. The van der Waals surface area contributed by atoms with Gasteiger partial charge in [0.25, 0.3) is 0 Å². The molecule has 3 rings (SSSR count). The first-order valence-corrected chi connectivity index (χ1v) is 9.06. The van der Waals surface area contributed by atoms with Gasteiger partial charge in [-0.25, -0.2) is 9.59 Å². The molecular formula is C21H27NO4. The molecule has 0 spiro atoms. The Labute approximate surface area is 154 Å². The maximum absolute atomic E-state index is 12.4. The average molecular weight is 357 g/mol. The van der Waals surface area contributed by atoms with Gasteiger partial charge in [0.2, 0.25) is 0 Å². The molecule has 1 N–H and O–H groups in total. The zero-order valence-electron chi connectivity index (χ0n) is 16.1.